The third-order valence-corrected chi connectivity index (χ3v) is 6.37. The van der Waals surface area contributed by atoms with Crippen LogP contribution in [0.3, 0.4) is 0 Å². The van der Waals surface area contributed by atoms with Gasteiger partial charge in [-0.2, -0.15) is 9.78 Å². The Bertz CT molecular complexity index is 1550. The number of nitrogens with zero attached hydrogens (tertiary/aromatic N) is 3. The molecular formula is C31H35N3O5. The maximum atomic E-state index is 13.7. The lowest BCUT2D eigenvalue weighted by Crippen LogP contribution is -2.21. The smallest absolute Gasteiger partial charge is 0.282 e. The first kappa shape index (κ1) is 27.7. The molecule has 0 fully saturated rings. The predicted octanol–water partition coefficient (Wildman–Crippen LogP) is 6.19. The van der Waals surface area contributed by atoms with Gasteiger partial charge in [0.15, 0.2) is 17.3 Å². The van der Waals surface area contributed by atoms with Gasteiger partial charge in [-0.15, -0.1) is 0 Å². The number of rotatable bonds is 10. The zero-order valence-electron chi connectivity index (χ0n) is 23.6. The molecule has 0 saturated carbocycles. The normalized spacial score (nSPS) is 11.4. The number of fused-ring (bicyclic) bond motifs is 1. The van der Waals surface area contributed by atoms with E-state index in [4.69, 9.17) is 23.9 Å². The molecular weight excluding hydrogens is 494 g/mol. The highest BCUT2D eigenvalue weighted by atomic mass is 16.5. The number of ether oxygens (including phenoxy) is 4. The van der Waals surface area contributed by atoms with Crippen LogP contribution in [0, 0.1) is 6.92 Å². The van der Waals surface area contributed by atoms with E-state index >= 15 is 0 Å². The highest BCUT2D eigenvalue weighted by molar-refractivity contribution is 5.84. The fraction of sp³-hybridized carbons (Fsp3) is 0.323. The van der Waals surface area contributed by atoms with Crippen molar-refractivity contribution >= 4 is 17.1 Å². The van der Waals surface area contributed by atoms with Crippen molar-refractivity contribution in [3.05, 3.63) is 75.6 Å². The standard InChI is InChI=1S/C31H35N3O5/c1-8-38-26-14-20(5)24(17-23(26)19(3)4)30-33-25-13-11-10-12-22(25)31(35)34(30)32-18-21-15-27(36-6)29(39-9-2)28(16-21)37-7/h10-19H,8-9H2,1-7H3. The molecule has 0 N–H and O–H groups in total. The van der Waals surface area contributed by atoms with E-state index in [1.165, 1.54) is 4.68 Å². The zero-order valence-corrected chi connectivity index (χ0v) is 23.6. The van der Waals surface area contributed by atoms with Crippen LogP contribution in [0.5, 0.6) is 23.0 Å². The summed E-state index contributed by atoms with van der Waals surface area (Å²) >= 11 is 0. The molecule has 0 atom stereocenters. The van der Waals surface area contributed by atoms with Crippen LogP contribution >= 0.6 is 0 Å². The first-order valence-corrected chi connectivity index (χ1v) is 13.1. The minimum absolute atomic E-state index is 0.207. The van der Waals surface area contributed by atoms with Gasteiger partial charge in [0.2, 0.25) is 5.75 Å². The van der Waals surface area contributed by atoms with E-state index in [9.17, 15) is 4.79 Å². The van der Waals surface area contributed by atoms with Crippen LogP contribution in [0.4, 0.5) is 0 Å². The van der Waals surface area contributed by atoms with E-state index in [2.05, 4.69) is 25.0 Å². The topological polar surface area (TPSA) is 84.2 Å². The van der Waals surface area contributed by atoms with Gasteiger partial charge in [-0.1, -0.05) is 26.0 Å². The molecule has 0 spiro atoms. The summed E-state index contributed by atoms with van der Waals surface area (Å²) in [6.07, 6.45) is 1.59. The summed E-state index contributed by atoms with van der Waals surface area (Å²) in [5.74, 6) is 3.01. The summed E-state index contributed by atoms with van der Waals surface area (Å²) in [7, 11) is 3.13. The molecule has 0 aliphatic rings. The molecule has 1 aromatic heterocycles. The molecule has 8 nitrogen and oxygen atoms in total. The molecule has 4 aromatic rings. The fourth-order valence-corrected chi connectivity index (χ4v) is 4.46. The highest BCUT2D eigenvalue weighted by Crippen LogP contribution is 2.38. The number of hydrogen-bond donors (Lipinski definition) is 0. The molecule has 0 aliphatic heterocycles. The molecule has 0 radical (unpaired) electrons. The Labute approximate surface area is 228 Å². The van der Waals surface area contributed by atoms with Crippen LogP contribution in [0.2, 0.25) is 0 Å². The molecule has 39 heavy (non-hydrogen) atoms. The van der Waals surface area contributed by atoms with Crippen molar-refractivity contribution in [3.8, 4) is 34.4 Å². The molecule has 3 aromatic carbocycles. The Balaban J connectivity index is 1.95. The second kappa shape index (κ2) is 12.0. The second-order valence-electron chi connectivity index (χ2n) is 9.29. The van der Waals surface area contributed by atoms with E-state index in [0.29, 0.717) is 52.8 Å². The summed E-state index contributed by atoms with van der Waals surface area (Å²) in [5.41, 5.74) is 3.78. The number of aromatic nitrogens is 2. The maximum absolute atomic E-state index is 13.7. The SMILES string of the molecule is CCOc1cc(C)c(-c2nc3ccccc3c(=O)n2N=Cc2cc(OC)c(OCC)c(OC)c2)cc1C(C)C. The van der Waals surface area contributed by atoms with Crippen molar-refractivity contribution in [1.29, 1.82) is 0 Å². The zero-order chi connectivity index (χ0) is 28.1. The molecule has 4 rings (SSSR count). The van der Waals surface area contributed by atoms with E-state index in [1.54, 1.807) is 38.6 Å². The van der Waals surface area contributed by atoms with E-state index in [1.807, 2.05) is 45.0 Å². The van der Waals surface area contributed by atoms with Gasteiger partial charge in [-0.25, -0.2) is 4.98 Å². The van der Waals surface area contributed by atoms with Crippen LogP contribution in [-0.2, 0) is 0 Å². The van der Waals surface area contributed by atoms with Gasteiger partial charge in [-0.05, 0) is 74.2 Å². The fourth-order valence-electron chi connectivity index (χ4n) is 4.46. The molecule has 0 amide bonds. The van der Waals surface area contributed by atoms with Gasteiger partial charge in [0.1, 0.15) is 5.75 Å². The Morgan fingerprint density at radius 3 is 2.23 bits per heavy atom. The first-order valence-electron chi connectivity index (χ1n) is 13.1. The summed E-state index contributed by atoms with van der Waals surface area (Å²) in [6, 6.07) is 14.9. The molecule has 0 aliphatic carbocycles. The molecule has 8 heteroatoms. The monoisotopic (exact) mass is 529 g/mol. The number of hydrogen-bond acceptors (Lipinski definition) is 7. The lowest BCUT2D eigenvalue weighted by Gasteiger charge is -2.18. The van der Waals surface area contributed by atoms with Crippen LogP contribution in [0.15, 0.2) is 58.4 Å². The molecule has 0 unspecified atom stereocenters. The maximum Gasteiger partial charge on any atom is 0.282 e. The second-order valence-corrected chi connectivity index (χ2v) is 9.29. The average Bonchev–Trinajstić information content (AvgIpc) is 2.93. The summed E-state index contributed by atoms with van der Waals surface area (Å²) < 4.78 is 24.0. The van der Waals surface area contributed by atoms with Crippen molar-refractivity contribution in [2.24, 2.45) is 5.10 Å². The van der Waals surface area contributed by atoms with E-state index in [-0.39, 0.29) is 11.5 Å². The van der Waals surface area contributed by atoms with Crippen LogP contribution in [0.1, 0.15) is 50.3 Å². The molecule has 204 valence electrons. The summed E-state index contributed by atoms with van der Waals surface area (Å²) in [5, 5.41) is 5.12. The third-order valence-electron chi connectivity index (χ3n) is 6.37. The minimum atomic E-state index is -0.268. The molecule has 0 saturated heterocycles. The third kappa shape index (κ3) is 5.60. The molecule has 1 heterocycles. The lowest BCUT2D eigenvalue weighted by atomic mass is 9.96. The molecule has 0 bridgehead atoms. The Kier molecular flexibility index (Phi) is 8.54. The Hall–Kier alpha value is -4.33. The lowest BCUT2D eigenvalue weighted by molar-refractivity contribution is 0.288. The van der Waals surface area contributed by atoms with Gasteiger partial charge >= 0.3 is 0 Å². The van der Waals surface area contributed by atoms with Crippen molar-refractivity contribution in [1.82, 2.24) is 9.66 Å². The van der Waals surface area contributed by atoms with Gasteiger partial charge in [-0.3, -0.25) is 4.79 Å². The summed E-state index contributed by atoms with van der Waals surface area (Å²) in [4.78, 5) is 18.6. The number of aryl methyl sites for hydroxylation is 1. The Morgan fingerprint density at radius 1 is 0.949 bits per heavy atom. The number of methoxy groups -OCH3 is 2. The largest absolute Gasteiger partial charge is 0.494 e. The Morgan fingerprint density at radius 2 is 1.62 bits per heavy atom. The quantitative estimate of drug-likeness (QED) is 0.228. The first-order chi connectivity index (χ1) is 18.8. The van der Waals surface area contributed by atoms with Gasteiger partial charge in [0, 0.05) is 11.1 Å². The van der Waals surface area contributed by atoms with Gasteiger partial charge in [0.05, 0.1) is 44.6 Å². The number of para-hydroxylation sites is 1. The minimum Gasteiger partial charge on any atom is -0.494 e. The van der Waals surface area contributed by atoms with Gasteiger partial charge in [0.25, 0.3) is 5.56 Å². The van der Waals surface area contributed by atoms with Crippen molar-refractivity contribution in [3.63, 3.8) is 0 Å². The van der Waals surface area contributed by atoms with Gasteiger partial charge < -0.3 is 18.9 Å². The van der Waals surface area contributed by atoms with Crippen molar-refractivity contribution < 1.29 is 18.9 Å². The van der Waals surface area contributed by atoms with E-state index < -0.39 is 0 Å². The van der Waals surface area contributed by atoms with Crippen LogP contribution in [0.25, 0.3) is 22.3 Å². The predicted molar refractivity (Wildman–Crippen MR) is 155 cm³/mol. The van der Waals surface area contributed by atoms with Crippen molar-refractivity contribution in [2.75, 3.05) is 27.4 Å². The van der Waals surface area contributed by atoms with Crippen LogP contribution < -0.4 is 24.5 Å². The van der Waals surface area contributed by atoms with E-state index in [0.717, 1.165) is 22.4 Å². The van der Waals surface area contributed by atoms with Crippen molar-refractivity contribution in [2.45, 2.75) is 40.5 Å². The van der Waals surface area contributed by atoms with Crippen LogP contribution in [-0.4, -0.2) is 43.3 Å². The number of benzene rings is 3. The average molecular weight is 530 g/mol. The highest BCUT2D eigenvalue weighted by Gasteiger charge is 2.19. The summed E-state index contributed by atoms with van der Waals surface area (Å²) in [6.45, 7) is 11.1.